The second-order valence-corrected chi connectivity index (χ2v) is 8.25. The molecule has 2 aliphatic rings. The number of nitrogens with one attached hydrogen (secondary N) is 3. The summed E-state index contributed by atoms with van der Waals surface area (Å²) in [5, 5.41) is 9.24. The molecule has 3 N–H and O–H groups in total. The van der Waals surface area contributed by atoms with E-state index in [2.05, 4.69) is 41.9 Å². The molecular weight excluding hydrogens is 423 g/mol. The molecule has 0 aromatic heterocycles. The number of benzene rings is 1. The molecule has 0 bridgehead atoms. The van der Waals surface area contributed by atoms with Gasteiger partial charge in [-0.1, -0.05) is 38.4 Å². The Balaban J connectivity index is 0.00000243. The van der Waals surface area contributed by atoms with Crippen molar-refractivity contribution in [3.05, 3.63) is 35.9 Å². The van der Waals surface area contributed by atoms with Gasteiger partial charge in [0.15, 0.2) is 0 Å². The molecule has 5 nitrogen and oxygen atoms in total. The van der Waals surface area contributed by atoms with Crippen molar-refractivity contribution in [1.82, 2.24) is 10.6 Å². The van der Waals surface area contributed by atoms with Crippen molar-refractivity contribution in [3.8, 4) is 0 Å². The van der Waals surface area contributed by atoms with E-state index in [1.807, 2.05) is 23.9 Å². The van der Waals surface area contributed by atoms with Gasteiger partial charge in [0.1, 0.15) is 0 Å². The molecule has 26 heavy (non-hydrogen) atoms. The number of thioether (sulfide) groups is 1. The molecule has 3 amide bonds. The Bertz CT molecular complexity index is 624. The van der Waals surface area contributed by atoms with Crippen molar-refractivity contribution in [3.63, 3.8) is 0 Å². The van der Waals surface area contributed by atoms with E-state index in [0.29, 0.717) is 17.6 Å². The van der Waals surface area contributed by atoms with Gasteiger partial charge in [0.25, 0.3) is 6.03 Å². The molecule has 2 atom stereocenters. The van der Waals surface area contributed by atoms with Gasteiger partial charge in [0.05, 0.1) is 0 Å². The van der Waals surface area contributed by atoms with Gasteiger partial charge in [-0.25, -0.2) is 0 Å². The molecule has 3 rings (SSSR count). The molecule has 139 valence electrons. The van der Waals surface area contributed by atoms with Crippen LogP contribution < -0.4 is 16.0 Å². The summed E-state index contributed by atoms with van der Waals surface area (Å²) in [5.74, 6) is 1.47. The van der Waals surface area contributed by atoms with Gasteiger partial charge >= 0.3 is 0 Å². The first-order valence-corrected chi connectivity index (χ1v) is 10.0. The maximum Gasteiger partial charge on any atom is 0.283 e. The molecule has 0 saturated carbocycles. The van der Waals surface area contributed by atoms with Crippen LogP contribution in [0.15, 0.2) is 24.3 Å². The van der Waals surface area contributed by atoms with Crippen LogP contribution >= 0.6 is 11.8 Å². The number of urea groups is 1. The summed E-state index contributed by atoms with van der Waals surface area (Å²) in [5.41, 5.74) is 2.14. The summed E-state index contributed by atoms with van der Waals surface area (Å²) >= 11 is 1.89. The van der Waals surface area contributed by atoms with Crippen LogP contribution in [0, 0.1) is 6.04 Å². The maximum atomic E-state index is 12.1. The number of carbonyl (C=O) groups is 2. The minimum absolute atomic E-state index is 0. The minimum Gasteiger partial charge on any atom is -0.482 e. The Morgan fingerprint density at radius 1 is 1.31 bits per heavy atom. The van der Waals surface area contributed by atoms with Gasteiger partial charge < -0.3 is 16.0 Å². The van der Waals surface area contributed by atoms with Gasteiger partial charge in [-0.2, -0.15) is 17.8 Å². The summed E-state index contributed by atoms with van der Waals surface area (Å²) in [6.07, 6.45) is 3.43. The third-order valence-electron chi connectivity index (χ3n) is 4.76. The van der Waals surface area contributed by atoms with Gasteiger partial charge in [0.2, 0.25) is 5.91 Å². The zero-order valence-electron chi connectivity index (χ0n) is 15.4. The van der Waals surface area contributed by atoms with Crippen molar-refractivity contribution in [1.29, 1.82) is 0 Å². The largest absolute Gasteiger partial charge is 0.482 e. The standard InChI is InChI=1S/C19H26N3O2S.Y/c1-12(2)13-7-9-14(10-8-13)20-17(23)6-4-3-5-16-18-15(11-25-16)21-19(24)22-18;/h7-10,12,16,18H,3-6,11H2,1-2H3,(H,20,23)(H2,21,22,24);/q-1;/t16-,18-;/m0./s1. The summed E-state index contributed by atoms with van der Waals surface area (Å²) < 4.78 is 0. The summed E-state index contributed by atoms with van der Waals surface area (Å²) in [4.78, 5) is 23.4. The first-order valence-electron chi connectivity index (χ1n) is 8.97. The molecule has 2 saturated heterocycles. The van der Waals surface area contributed by atoms with Crippen LogP contribution in [0.4, 0.5) is 10.5 Å². The van der Waals surface area contributed by atoms with Gasteiger partial charge in [-0.05, 0) is 41.7 Å². The van der Waals surface area contributed by atoms with Crippen molar-refractivity contribution in [2.75, 3.05) is 11.1 Å². The quantitative estimate of drug-likeness (QED) is 0.338. The fourth-order valence-corrected chi connectivity index (χ4v) is 4.68. The number of carbonyl (C=O) groups excluding carboxylic acids is 2. The molecule has 2 aliphatic heterocycles. The van der Waals surface area contributed by atoms with Gasteiger partial charge in [-0.15, -0.1) is 5.75 Å². The number of anilines is 1. The average molecular weight is 449 g/mol. The Kier molecular flexibility index (Phi) is 8.43. The Labute approximate surface area is 185 Å². The smallest absolute Gasteiger partial charge is 0.283 e. The van der Waals surface area contributed by atoms with Crippen LogP contribution in [0.1, 0.15) is 51.0 Å². The molecular formula is C19H26N3O2SY-. The molecule has 1 aromatic rings. The predicted molar refractivity (Wildman–Crippen MR) is 103 cm³/mol. The van der Waals surface area contributed by atoms with E-state index >= 15 is 0 Å². The average Bonchev–Trinajstić information content (AvgIpc) is 3.11. The van der Waals surface area contributed by atoms with E-state index in [1.54, 1.807) is 0 Å². The fourth-order valence-electron chi connectivity index (χ4n) is 3.28. The van der Waals surface area contributed by atoms with E-state index < -0.39 is 0 Å². The molecule has 2 fully saturated rings. The van der Waals surface area contributed by atoms with Gasteiger partial charge in [0, 0.05) is 44.8 Å². The van der Waals surface area contributed by atoms with Crippen LogP contribution in [0.2, 0.25) is 0 Å². The summed E-state index contributed by atoms with van der Waals surface area (Å²) in [7, 11) is 0. The zero-order chi connectivity index (χ0) is 17.8. The van der Waals surface area contributed by atoms with Crippen LogP contribution in [-0.2, 0) is 37.5 Å². The van der Waals surface area contributed by atoms with E-state index in [0.717, 1.165) is 36.7 Å². The fraction of sp³-hybridized carbons (Fsp3) is 0.526. The van der Waals surface area contributed by atoms with Gasteiger partial charge in [-0.3, -0.25) is 9.59 Å². The summed E-state index contributed by atoms with van der Waals surface area (Å²) in [6.45, 7) is 4.31. The topological polar surface area (TPSA) is 70.2 Å². The van der Waals surface area contributed by atoms with Crippen LogP contribution in [-0.4, -0.2) is 29.0 Å². The SMILES string of the molecule is CC(C)c1ccc(NC(=O)CCCC[C@@H]2SC[C-]3NC(=O)N[C@@H]32)cc1.[Y]. The molecule has 1 radical (unpaired) electrons. The second kappa shape index (κ2) is 10.1. The Morgan fingerprint density at radius 3 is 2.73 bits per heavy atom. The van der Waals surface area contributed by atoms with Crippen molar-refractivity contribution >= 4 is 29.4 Å². The summed E-state index contributed by atoms with van der Waals surface area (Å²) in [6, 6.07) is 9.28. The van der Waals surface area contributed by atoms with Crippen molar-refractivity contribution in [2.45, 2.75) is 56.7 Å². The predicted octanol–water partition coefficient (Wildman–Crippen LogP) is 3.64. The molecule has 0 spiro atoms. The van der Waals surface area contributed by atoms with Crippen molar-refractivity contribution in [2.24, 2.45) is 0 Å². The van der Waals surface area contributed by atoms with Crippen LogP contribution in [0.25, 0.3) is 0 Å². The number of rotatable bonds is 7. The van der Waals surface area contributed by atoms with E-state index in [1.165, 1.54) is 5.56 Å². The number of unbranched alkanes of at least 4 members (excludes halogenated alkanes) is 1. The third-order valence-corrected chi connectivity index (χ3v) is 6.18. The van der Waals surface area contributed by atoms with E-state index in [9.17, 15) is 9.59 Å². The normalized spacial score (nSPS) is 21.7. The third kappa shape index (κ3) is 5.70. The monoisotopic (exact) mass is 449 g/mol. The molecule has 0 aliphatic carbocycles. The second-order valence-electron chi connectivity index (χ2n) is 7.02. The van der Waals surface area contributed by atoms with Crippen LogP contribution in [0.3, 0.4) is 0 Å². The number of amides is 3. The molecule has 1 aromatic carbocycles. The molecule has 2 heterocycles. The molecule has 0 unspecified atom stereocenters. The number of fused-ring (bicyclic) bond motifs is 1. The Morgan fingerprint density at radius 2 is 2.04 bits per heavy atom. The molecule has 7 heteroatoms. The Hall–Kier alpha value is -0.586. The zero-order valence-corrected chi connectivity index (χ0v) is 19.0. The van der Waals surface area contributed by atoms with Crippen LogP contribution in [0.5, 0.6) is 0 Å². The van der Waals surface area contributed by atoms with Crippen molar-refractivity contribution < 1.29 is 42.3 Å². The number of hydrogen-bond acceptors (Lipinski definition) is 3. The number of hydrogen-bond donors (Lipinski definition) is 3. The minimum atomic E-state index is -0.0758. The first kappa shape index (κ1) is 21.7. The first-order chi connectivity index (χ1) is 12.0. The maximum absolute atomic E-state index is 12.1. The van der Waals surface area contributed by atoms with E-state index in [-0.39, 0.29) is 50.7 Å². The van der Waals surface area contributed by atoms with E-state index in [4.69, 9.17) is 0 Å².